The normalized spacial score (nSPS) is 25.3. The van der Waals surface area contributed by atoms with Gasteiger partial charge < -0.3 is 4.74 Å². The molecule has 1 atom stereocenters. The van der Waals surface area contributed by atoms with Gasteiger partial charge in [0.05, 0.1) is 24.3 Å². The standard InChI is InChI=1S/C24H24BF3N3O3/c26-24(27,28)23(7-8-23)9-10-34-18-11-15(29-20(30-18)13-1-2-13)12-31-21(32)16-5-6-17(19(16)22(31)33)25-14-3-4-14/h5-6,11,13-14,17H,1-4,7-10,12H2. The minimum absolute atomic E-state index is 0.0141. The predicted molar refractivity (Wildman–Crippen MR) is 116 cm³/mol. The maximum absolute atomic E-state index is 13.2. The Balaban J connectivity index is 1.16. The lowest BCUT2D eigenvalue weighted by Gasteiger charge is -2.20. The fraction of sp³-hybridized carbons (Fsp3) is 0.583. The van der Waals surface area contributed by atoms with Gasteiger partial charge in [0.15, 0.2) is 0 Å². The van der Waals surface area contributed by atoms with Crippen LogP contribution < -0.4 is 4.74 Å². The molecule has 3 fully saturated rings. The van der Waals surface area contributed by atoms with Gasteiger partial charge in [-0.3, -0.25) is 14.5 Å². The summed E-state index contributed by atoms with van der Waals surface area (Å²) in [5.41, 5.74) is -0.198. The van der Waals surface area contributed by atoms with Gasteiger partial charge in [-0.2, -0.15) is 18.2 Å². The van der Waals surface area contributed by atoms with Crippen LogP contribution in [0.5, 0.6) is 5.88 Å². The quantitative estimate of drug-likeness (QED) is 0.398. The molecule has 2 heterocycles. The lowest BCUT2D eigenvalue weighted by atomic mass is 9.58. The van der Waals surface area contributed by atoms with Crippen molar-refractivity contribution in [2.75, 3.05) is 6.61 Å². The van der Waals surface area contributed by atoms with Crippen molar-refractivity contribution in [1.82, 2.24) is 14.9 Å². The van der Waals surface area contributed by atoms with E-state index in [0.29, 0.717) is 28.5 Å². The van der Waals surface area contributed by atoms with Crippen molar-refractivity contribution in [2.45, 2.75) is 75.2 Å². The van der Waals surface area contributed by atoms with Gasteiger partial charge in [-0.1, -0.05) is 30.8 Å². The third-order valence-corrected chi connectivity index (χ3v) is 7.47. The van der Waals surface area contributed by atoms with Crippen LogP contribution in [0.1, 0.15) is 62.4 Å². The summed E-state index contributed by atoms with van der Waals surface area (Å²) in [4.78, 5) is 36.2. The van der Waals surface area contributed by atoms with Crippen LogP contribution in [-0.2, 0) is 16.1 Å². The molecule has 2 amide bonds. The minimum Gasteiger partial charge on any atom is -0.478 e. The summed E-state index contributed by atoms with van der Waals surface area (Å²) in [6.07, 6.45) is 3.68. The summed E-state index contributed by atoms with van der Waals surface area (Å²) in [5.74, 6) is 0.681. The molecule has 1 unspecified atom stereocenters. The van der Waals surface area contributed by atoms with E-state index in [-0.39, 0.29) is 61.8 Å². The predicted octanol–water partition coefficient (Wildman–Crippen LogP) is 4.28. The van der Waals surface area contributed by atoms with E-state index in [4.69, 9.17) is 4.74 Å². The first-order valence-electron chi connectivity index (χ1n) is 11.9. The van der Waals surface area contributed by atoms with Crippen molar-refractivity contribution in [1.29, 1.82) is 0 Å². The molecule has 0 aromatic carbocycles. The second-order valence-corrected chi connectivity index (χ2v) is 10.1. The van der Waals surface area contributed by atoms with Crippen molar-refractivity contribution in [2.24, 2.45) is 5.41 Å². The Kier molecular flexibility index (Phi) is 4.94. The zero-order chi connectivity index (χ0) is 23.7. The number of rotatable bonds is 9. The highest BCUT2D eigenvalue weighted by Gasteiger charge is 2.62. The van der Waals surface area contributed by atoms with Crippen LogP contribution in [0, 0.1) is 5.41 Å². The second kappa shape index (κ2) is 7.68. The molecule has 0 spiro atoms. The molecule has 177 valence electrons. The van der Waals surface area contributed by atoms with E-state index in [9.17, 15) is 22.8 Å². The Hall–Kier alpha value is -2.65. The lowest BCUT2D eigenvalue weighted by Crippen LogP contribution is -2.32. The molecule has 0 N–H and O–H groups in total. The van der Waals surface area contributed by atoms with Crippen LogP contribution in [0.2, 0.25) is 11.6 Å². The van der Waals surface area contributed by atoms with Crippen LogP contribution in [0.15, 0.2) is 29.4 Å². The van der Waals surface area contributed by atoms with Crippen molar-refractivity contribution < 1.29 is 27.5 Å². The number of halogens is 3. The average molecular weight is 470 g/mol. The molecule has 0 bridgehead atoms. The van der Waals surface area contributed by atoms with Crippen LogP contribution in [0.3, 0.4) is 0 Å². The number of nitrogens with zero attached hydrogens (tertiary/aromatic N) is 3. The highest BCUT2D eigenvalue weighted by Crippen LogP contribution is 2.59. The number of aromatic nitrogens is 2. The van der Waals surface area contributed by atoms with Gasteiger partial charge in [-0.05, 0) is 37.9 Å². The third-order valence-electron chi connectivity index (χ3n) is 7.47. The Morgan fingerprint density at radius 2 is 1.88 bits per heavy atom. The molecule has 1 aromatic heterocycles. The van der Waals surface area contributed by atoms with Gasteiger partial charge in [0.25, 0.3) is 11.8 Å². The second-order valence-electron chi connectivity index (χ2n) is 10.1. The van der Waals surface area contributed by atoms with E-state index in [0.717, 1.165) is 25.7 Å². The van der Waals surface area contributed by atoms with Crippen LogP contribution in [0.25, 0.3) is 0 Å². The average Bonchev–Trinajstić information content (AvgIpc) is 3.64. The van der Waals surface area contributed by atoms with Crippen molar-refractivity contribution in [3.05, 3.63) is 40.9 Å². The topological polar surface area (TPSA) is 72.4 Å². The van der Waals surface area contributed by atoms with Crippen molar-refractivity contribution in [3.63, 3.8) is 0 Å². The monoisotopic (exact) mass is 470 g/mol. The number of amides is 2. The smallest absolute Gasteiger partial charge is 0.394 e. The van der Waals surface area contributed by atoms with Gasteiger partial charge in [0.1, 0.15) is 13.1 Å². The number of carbonyl (C=O) groups is 2. The van der Waals surface area contributed by atoms with E-state index in [1.807, 2.05) is 6.08 Å². The fourth-order valence-electron chi connectivity index (χ4n) is 4.79. The zero-order valence-corrected chi connectivity index (χ0v) is 18.6. The molecule has 6 nitrogen and oxygen atoms in total. The molecule has 3 saturated carbocycles. The Morgan fingerprint density at radius 3 is 2.53 bits per heavy atom. The summed E-state index contributed by atoms with van der Waals surface area (Å²) in [5, 5.41) is 0. The number of hydrogen-bond donors (Lipinski definition) is 0. The lowest BCUT2D eigenvalue weighted by molar-refractivity contribution is -0.190. The first-order chi connectivity index (χ1) is 16.2. The first-order valence-corrected chi connectivity index (χ1v) is 11.9. The Labute approximate surface area is 195 Å². The van der Waals surface area contributed by atoms with Gasteiger partial charge in [0.2, 0.25) is 5.88 Å². The van der Waals surface area contributed by atoms with E-state index in [1.54, 1.807) is 6.08 Å². The number of alkyl halides is 3. The van der Waals surface area contributed by atoms with Gasteiger partial charge in [0, 0.05) is 23.1 Å². The molecule has 10 heteroatoms. The van der Waals surface area contributed by atoms with Crippen LogP contribution in [0.4, 0.5) is 13.2 Å². The highest BCUT2D eigenvalue weighted by atomic mass is 19.4. The highest BCUT2D eigenvalue weighted by molar-refractivity contribution is 6.46. The van der Waals surface area contributed by atoms with E-state index >= 15 is 0 Å². The summed E-state index contributed by atoms with van der Waals surface area (Å²) in [7, 11) is 2.14. The number of allylic oxidation sites excluding steroid dienone is 1. The Bertz CT molecular complexity index is 1120. The van der Waals surface area contributed by atoms with E-state index in [1.165, 1.54) is 11.0 Å². The Morgan fingerprint density at radius 1 is 1.12 bits per heavy atom. The van der Waals surface area contributed by atoms with Gasteiger partial charge >= 0.3 is 6.18 Å². The fourth-order valence-corrected chi connectivity index (χ4v) is 4.79. The SMILES string of the molecule is O=C1C2=C(C(=O)N1Cc1cc(OCCC3(C(F)(F)F)CC3)nc(C3CC3)n1)C([B]C1CC1)C=C2. The van der Waals surface area contributed by atoms with Crippen LogP contribution in [-0.4, -0.2) is 46.7 Å². The number of carbonyl (C=O) groups excluding carboxylic acids is 2. The molecule has 34 heavy (non-hydrogen) atoms. The maximum atomic E-state index is 13.2. The van der Waals surface area contributed by atoms with Crippen LogP contribution >= 0.6 is 0 Å². The third kappa shape index (κ3) is 3.94. The molecule has 1 radical (unpaired) electrons. The largest absolute Gasteiger partial charge is 0.478 e. The van der Waals surface area contributed by atoms with Gasteiger partial charge in [-0.25, -0.2) is 4.98 Å². The van der Waals surface area contributed by atoms with Gasteiger partial charge in [-0.15, -0.1) is 0 Å². The molecular weight excluding hydrogens is 446 g/mol. The summed E-state index contributed by atoms with van der Waals surface area (Å²) in [6.45, 7) is -0.110. The number of hydrogen-bond acceptors (Lipinski definition) is 5. The number of imide groups is 1. The molecule has 0 saturated heterocycles. The van der Waals surface area contributed by atoms with E-state index in [2.05, 4.69) is 17.2 Å². The molecular formula is C24H24BF3N3O3. The minimum atomic E-state index is -4.22. The number of ether oxygens (including phenoxy) is 1. The summed E-state index contributed by atoms with van der Waals surface area (Å²) >= 11 is 0. The molecule has 1 aromatic rings. The summed E-state index contributed by atoms with van der Waals surface area (Å²) in [6, 6.07) is 1.53. The van der Waals surface area contributed by atoms with E-state index < -0.39 is 11.6 Å². The molecule has 6 rings (SSSR count). The zero-order valence-electron chi connectivity index (χ0n) is 18.6. The molecule has 1 aliphatic heterocycles. The molecule has 4 aliphatic carbocycles. The first kappa shape index (κ1) is 21.9. The summed E-state index contributed by atoms with van der Waals surface area (Å²) < 4.78 is 45.2. The van der Waals surface area contributed by atoms with Crippen molar-refractivity contribution in [3.8, 4) is 5.88 Å². The maximum Gasteiger partial charge on any atom is 0.394 e. The molecule has 5 aliphatic rings. The van der Waals surface area contributed by atoms with Crippen molar-refractivity contribution >= 4 is 19.1 Å².